The van der Waals surface area contributed by atoms with Gasteiger partial charge in [0.1, 0.15) is 0 Å². The van der Waals surface area contributed by atoms with Gasteiger partial charge in [0.05, 0.1) is 11.4 Å². The zero-order valence-electron chi connectivity index (χ0n) is 11.7. The van der Waals surface area contributed by atoms with Crippen LogP contribution in [-0.4, -0.2) is 23.2 Å². The molecule has 0 bridgehead atoms. The van der Waals surface area contributed by atoms with Crippen LogP contribution in [-0.2, 0) is 0 Å². The first-order valence-corrected chi connectivity index (χ1v) is 6.76. The summed E-state index contributed by atoms with van der Waals surface area (Å²) >= 11 is 0. The van der Waals surface area contributed by atoms with Crippen LogP contribution in [0.25, 0.3) is 0 Å². The highest BCUT2D eigenvalue weighted by molar-refractivity contribution is 6.07. The lowest BCUT2D eigenvalue weighted by atomic mass is 10.2. The van der Waals surface area contributed by atoms with Crippen LogP contribution in [0.2, 0.25) is 0 Å². The second kappa shape index (κ2) is 4.67. The number of nitrogens with one attached hydrogen (secondary N) is 1. The predicted octanol–water partition coefficient (Wildman–Crippen LogP) is 2.45. The molecule has 3 N–H and O–H groups in total. The van der Waals surface area contributed by atoms with E-state index in [1.165, 1.54) is 0 Å². The highest BCUT2D eigenvalue weighted by Crippen LogP contribution is 2.42. The first kappa shape index (κ1) is 12.7. The zero-order valence-corrected chi connectivity index (χ0v) is 11.7. The van der Waals surface area contributed by atoms with Gasteiger partial charge < -0.3 is 10.6 Å². The van der Waals surface area contributed by atoms with Crippen molar-refractivity contribution < 1.29 is 4.79 Å². The molecule has 1 fully saturated rings. The summed E-state index contributed by atoms with van der Waals surface area (Å²) in [6, 6.07) is 7.78. The summed E-state index contributed by atoms with van der Waals surface area (Å²) in [4.78, 5) is 14.1. The minimum atomic E-state index is -0.184. The van der Waals surface area contributed by atoms with Crippen LogP contribution in [0.15, 0.2) is 24.3 Å². The Bertz CT molecular complexity index is 658. The van der Waals surface area contributed by atoms with E-state index in [1.54, 1.807) is 11.9 Å². The second-order valence-corrected chi connectivity index (χ2v) is 5.38. The van der Waals surface area contributed by atoms with Crippen molar-refractivity contribution in [2.45, 2.75) is 25.7 Å². The lowest BCUT2D eigenvalue weighted by Gasteiger charge is -2.16. The minimum absolute atomic E-state index is 0.184. The van der Waals surface area contributed by atoms with Crippen LogP contribution in [0.5, 0.6) is 0 Å². The van der Waals surface area contributed by atoms with Gasteiger partial charge in [-0.1, -0.05) is 12.1 Å². The molecule has 1 aromatic carbocycles. The number of aryl methyl sites for hydroxylation is 1. The van der Waals surface area contributed by atoms with Gasteiger partial charge in [0.2, 0.25) is 0 Å². The number of anilines is 2. The highest BCUT2D eigenvalue weighted by Gasteiger charge is 2.31. The van der Waals surface area contributed by atoms with Gasteiger partial charge in [-0.05, 0) is 37.5 Å². The molecule has 0 atom stereocenters. The third-order valence-electron chi connectivity index (χ3n) is 3.72. The first-order chi connectivity index (χ1) is 9.58. The molecule has 0 aliphatic heterocycles. The third-order valence-corrected chi connectivity index (χ3v) is 3.72. The summed E-state index contributed by atoms with van der Waals surface area (Å²) in [7, 11) is 1.74. The smallest absolute Gasteiger partial charge is 0.280 e. The van der Waals surface area contributed by atoms with E-state index in [1.807, 2.05) is 31.2 Å². The summed E-state index contributed by atoms with van der Waals surface area (Å²) in [5, 5.41) is 7.02. The number of amides is 1. The standard InChI is InChI=1S/C15H18N4O/c1-9-4-3-5-11(8-9)19(2)15(20)14-12(16)13(17-18-14)10-6-7-10/h3-5,8,10H,6-7,16H2,1-2H3,(H,17,18). The summed E-state index contributed by atoms with van der Waals surface area (Å²) in [6.45, 7) is 2.00. The molecule has 104 valence electrons. The number of aromatic amines is 1. The molecule has 1 aromatic heterocycles. The molecule has 1 aliphatic carbocycles. The predicted molar refractivity (Wildman–Crippen MR) is 78.9 cm³/mol. The van der Waals surface area contributed by atoms with Crippen molar-refractivity contribution in [3.63, 3.8) is 0 Å². The summed E-state index contributed by atoms with van der Waals surface area (Å²) in [5.41, 5.74) is 9.72. The van der Waals surface area contributed by atoms with Gasteiger partial charge in [0.25, 0.3) is 5.91 Å². The highest BCUT2D eigenvalue weighted by atomic mass is 16.2. The molecule has 0 unspecified atom stereocenters. The van der Waals surface area contributed by atoms with Crippen molar-refractivity contribution in [2.75, 3.05) is 17.7 Å². The van der Waals surface area contributed by atoms with E-state index in [0.717, 1.165) is 29.8 Å². The van der Waals surface area contributed by atoms with Gasteiger partial charge in [0.15, 0.2) is 5.69 Å². The first-order valence-electron chi connectivity index (χ1n) is 6.76. The van der Waals surface area contributed by atoms with E-state index in [-0.39, 0.29) is 5.91 Å². The number of carbonyl (C=O) groups is 1. The summed E-state index contributed by atoms with van der Waals surface area (Å²) in [6.07, 6.45) is 2.24. The van der Waals surface area contributed by atoms with Gasteiger partial charge >= 0.3 is 0 Å². The van der Waals surface area contributed by atoms with E-state index < -0.39 is 0 Å². The van der Waals surface area contributed by atoms with Crippen molar-refractivity contribution in [3.05, 3.63) is 41.2 Å². The third kappa shape index (κ3) is 2.15. The van der Waals surface area contributed by atoms with Crippen molar-refractivity contribution in [3.8, 4) is 0 Å². The Morgan fingerprint density at radius 2 is 2.20 bits per heavy atom. The van der Waals surface area contributed by atoms with E-state index in [9.17, 15) is 4.79 Å². The van der Waals surface area contributed by atoms with E-state index in [0.29, 0.717) is 17.3 Å². The number of hydrogen-bond acceptors (Lipinski definition) is 3. The van der Waals surface area contributed by atoms with Gasteiger partial charge in [-0.25, -0.2) is 0 Å². The van der Waals surface area contributed by atoms with Crippen LogP contribution < -0.4 is 10.6 Å². The Hall–Kier alpha value is -2.30. The molecule has 0 saturated heterocycles. The van der Waals surface area contributed by atoms with Crippen LogP contribution >= 0.6 is 0 Å². The normalized spacial score (nSPS) is 14.3. The van der Waals surface area contributed by atoms with Gasteiger partial charge in [0, 0.05) is 18.7 Å². The molecular weight excluding hydrogens is 252 g/mol. The molecule has 2 aromatic rings. The fraction of sp³-hybridized carbons (Fsp3) is 0.333. The second-order valence-electron chi connectivity index (χ2n) is 5.38. The fourth-order valence-corrected chi connectivity index (χ4v) is 2.32. The molecule has 20 heavy (non-hydrogen) atoms. The van der Waals surface area contributed by atoms with E-state index in [2.05, 4.69) is 10.2 Å². The van der Waals surface area contributed by atoms with Crippen LogP contribution in [0.1, 0.15) is 40.5 Å². The average molecular weight is 270 g/mol. The van der Waals surface area contributed by atoms with Gasteiger partial charge in [-0.15, -0.1) is 0 Å². The number of hydrogen-bond donors (Lipinski definition) is 2. The number of benzene rings is 1. The molecule has 1 saturated carbocycles. The lowest BCUT2D eigenvalue weighted by molar-refractivity contribution is 0.0989. The maximum Gasteiger partial charge on any atom is 0.280 e. The molecular formula is C15H18N4O. The molecule has 5 heteroatoms. The van der Waals surface area contributed by atoms with Gasteiger partial charge in [-0.2, -0.15) is 5.10 Å². The Morgan fingerprint density at radius 1 is 1.45 bits per heavy atom. The van der Waals surface area contributed by atoms with Crippen molar-refractivity contribution in [1.82, 2.24) is 10.2 Å². The monoisotopic (exact) mass is 270 g/mol. The van der Waals surface area contributed by atoms with Crippen molar-refractivity contribution in [2.24, 2.45) is 0 Å². The zero-order chi connectivity index (χ0) is 14.3. The summed E-state index contributed by atoms with van der Waals surface area (Å²) in [5.74, 6) is 0.268. The Balaban J connectivity index is 1.88. The topological polar surface area (TPSA) is 75.0 Å². The molecule has 1 amide bonds. The Labute approximate surface area is 117 Å². The number of carbonyl (C=O) groups excluding carboxylic acids is 1. The quantitative estimate of drug-likeness (QED) is 0.899. The van der Waals surface area contributed by atoms with Crippen LogP contribution in [0.4, 0.5) is 11.4 Å². The molecule has 3 rings (SSSR count). The number of rotatable bonds is 3. The molecule has 0 radical (unpaired) electrons. The fourth-order valence-electron chi connectivity index (χ4n) is 2.32. The maximum absolute atomic E-state index is 12.5. The lowest BCUT2D eigenvalue weighted by Crippen LogP contribution is -2.27. The van der Waals surface area contributed by atoms with Crippen LogP contribution in [0, 0.1) is 6.92 Å². The largest absolute Gasteiger partial charge is 0.395 e. The Kier molecular flexibility index (Phi) is 2.97. The van der Waals surface area contributed by atoms with Crippen LogP contribution in [0.3, 0.4) is 0 Å². The van der Waals surface area contributed by atoms with E-state index in [4.69, 9.17) is 5.73 Å². The number of aromatic nitrogens is 2. The Morgan fingerprint density at radius 3 is 2.85 bits per heavy atom. The van der Waals surface area contributed by atoms with Crippen molar-refractivity contribution >= 4 is 17.3 Å². The maximum atomic E-state index is 12.5. The van der Waals surface area contributed by atoms with Crippen molar-refractivity contribution in [1.29, 1.82) is 0 Å². The molecule has 0 spiro atoms. The number of nitrogen functional groups attached to an aromatic ring is 1. The average Bonchev–Trinajstić information content (AvgIpc) is 3.20. The minimum Gasteiger partial charge on any atom is -0.395 e. The molecule has 1 heterocycles. The summed E-state index contributed by atoms with van der Waals surface area (Å²) < 4.78 is 0. The van der Waals surface area contributed by atoms with E-state index >= 15 is 0 Å². The number of nitrogens with zero attached hydrogens (tertiary/aromatic N) is 2. The number of nitrogens with two attached hydrogens (primary N) is 1. The molecule has 5 nitrogen and oxygen atoms in total. The number of H-pyrrole nitrogens is 1. The van der Waals surface area contributed by atoms with Gasteiger partial charge in [-0.3, -0.25) is 9.89 Å². The SMILES string of the molecule is Cc1cccc(N(C)C(=O)c2n[nH]c(C3CC3)c2N)c1. The molecule has 1 aliphatic rings.